The molecule has 5 nitrogen and oxygen atoms in total. The summed E-state index contributed by atoms with van der Waals surface area (Å²) >= 11 is 0. The Bertz CT molecular complexity index is 505. The molecule has 1 amide bonds. The van der Waals surface area contributed by atoms with Gasteiger partial charge in [0.2, 0.25) is 0 Å². The standard InChI is InChI=1S/C13H14N4O/c14-5-9-1-2-11(16-6-9)13(18)17-4-3-10-7-15-8-12(10)17/h1-2,6,10,12,15H,3-4,7-8H2/t10-,12+/m0/s1. The van der Waals surface area contributed by atoms with Crippen LogP contribution >= 0.6 is 0 Å². The monoisotopic (exact) mass is 242 g/mol. The molecule has 92 valence electrons. The van der Waals surface area contributed by atoms with E-state index in [0.29, 0.717) is 23.2 Å². The van der Waals surface area contributed by atoms with Crippen molar-refractivity contribution < 1.29 is 4.79 Å². The predicted molar refractivity (Wildman–Crippen MR) is 64.8 cm³/mol. The van der Waals surface area contributed by atoms with Crippen LogP contribution in [-0.4, -0.2) is 41.5 Å². The van der Waals surface area contributed by atoms with Crippen LogP contribution in [-0.2, 0) is 0 Å². The molecule has 2 aliphatic rings. The fraction of sp³-hybridized carbons (Fsp3) is 0.462. The Kier molecular flexibility index (Phi) is 2.73. The molecular formula is C13H14N4O. The zero-order valence-corrected chi connectivity index (χ0v) is 9.97. The first-order chi connectivity index (χ1) is 8.79. The van der Waals surface area contributed by atoms with Crippen molar-refractivity contribution in [3.8, 4) is 6.07 Å². The number of amides is 1. The highest BCUT2D eigenvalue weighted by Gasteiger charge is 2.40. The maximum atomic E-state index is 12.3. The molecular weight excluding hydrogens is 228 g/mol. The molecule has 0 aliphatic carbocycles. The predicted octanol–water partition coefficient (Wildman–Crippen LogP) is 0.387. The Morgan fingerprint density at radius 2 is 2.39 bits per heavy atom. The Balaban J connectivity index is 1.80. The van der Waals surface area contributed by atoms with E-state index < -0.39 is 0 Å². The van der Waals surface area contributed by atoms with E-state index in [1.54, 1.807) is 12.1 Å². The minimum absolute atomic E-state index is 0.0179. The number of likely N-dealkylation sites (tertiary alicyclic amines) is 1. The number of pyridine rings is 1. The number of hydrogen-bond acceptors (Lipinski definition) is 4. The third kappa shape index (κ3) is 1.75. The number of carbonyl (C=O) groups excluding carboxylic acids is 1. The minimum Gasteiger partial charge on any atom is -0.333 e. The second-order valence-corrected chi connectivity index (χ2v) is 4.82. The Hall–Kier alpha value is -1.93. The van der Waals surface area contributed by atoms with Gasteiger partial charge >= 0.3 is 0 Å². The highest BCUT2D eigenvalue weighted by molar-refractivity contribution is 5.92. The van der Waals surface area contributed by atoms with E-state index in [-0.39, 0.29) is 5.91 Å². The average molecular weight is 242 g/mol. The van der Waals surface area contributed by atoms with Gasteiger partial charge in [-0.25, -0.2) is 4.98 Å². The van der Waals surface area contributed by atoms with Crippen LogP contribution in [0.4, 0.5) is 0 Å². The zero-order valence-electron chi connectivity index (χ0n) is 9.97. The van der Waals surface area contributed by atoms with Crippen LogP contribution < -0.4 is 5.32 Å². The molecule has 0 unspecified atom stereocenters. The number of nitrogens with one attached hydrogen (secondary N) is 1. The molecule has 0 aromatic carbocycles. The van der Waals surface area contributed by atoms with E-state index in [1.807, 2.05) is 11.0 Å². The van der Waals surface area contributed by atoms with Gasteiger partial charge in [-0.1, -0.05) is 0 Å². The summed E-state index contributed by atoms with van der Waals surface area (Å²) in [5, 5.41) is 12.0. The summed E-state index contributed by atoms with van der Waals surface area (Å²) < 4.78 is 0. The van der Waals surface area contributed by atoms with Gasteiger partial charge in [0, 0.05) is 31.9 Å². The molecule has 3 rings (SSSR count). The van der Waals surface area contributed by atoms with Crippen molar-refractivity contribution >= 4 is 5.91 Å². The second kappa shape index (κ2) is 4.39. The lowest BCUT2D eigenvalue weighted by atomic mass is 10.1. The van der Waals surface area contributed by atoms with Crippen LogP contribution in [0.15, 0.2) is 18.3 Å². The quantitative estimate of drug-likeness (QED) is 0.773. The number of nitriles is 1. The molecule has 3 heterocycles. The van der Waals surface area contributed by atoms with Crippen LogP contribution in [0.25, 0.3) is 0 Å². The van der Waals surface area contributed by atoms with Crippen LogP contribution in [0.1, 0.15) is 22.5 Å². The van der Waals surface area contributed by atoms with Crippen LogP contribution in [0.3, 0.4) is 0 Å². The maximum absolute atomic E-state index is 12.3. The summed E-state index contributed by atoms with van der Waals surface area (Å²) in [4.78, 5) is 18.3. The van der Waals surface area contributed by atoms with E-state index in [1.165, 1.54) is 6.20 Å². The zero-order chi connectivity index (χ0) is 12.5. The number of carbonyl (C=O) groups is 1. The van der Waals surface area contributed by atoms with Gasteiger partial charge in [-0.3, -0.25) is 4.79 Å². The first kappa shape index (κ1) is 11.2. The Labute approximate surface area is 105 Å². The molecule has 0 saturated carbocycles. The summed E-state index contributed by atoms with van der Waals surface area (Å²) in [5.41, 5.74) is 0.912. The molecule has 2 fully saturated rings. The fourth-order valence-corrected chi connectivity index (χ4v) is 2.83. The van der Waals surface area contributed by atoms with Gasteiger partial charge in [0.05, 0.1) is 5.56 Å². The lowest BCUT2D eigenvalue weighted by Crippen LogP contribution is -2.39. The van der Waals surface area contributed by atoms with Gasteiger partial charge in [0.15, 0.2) is 0 Å². The van der Waals surface area contributed by atoms with E-state index in [2.05, 4.69) is 10.3 Å². The van der Waals surface area contributed by atoms with Crippen molar-refractivity contribution in [1.29, 1.82) is 5.26 Å². The van der Waals surface area contributed by atoms with E-state index in [4.69, 9.17) is 5.26 Å². The van der Waals surface area contributed by atoms with Crippen LogP contribution in [0.5, 0.6) is 0 Å². The van der Waals surface area contributed by atoms with Crippen molar-refractivity contribution in [3.05, 3.63) is 29.6 Å². The summed E-state index contributed by atoms with van der Waals surface area (Å²) in [6, 6.07) is 5.59. The molecule has 0 bridgehead atoms. The molecule has 2 aliphatic heterocycles. The summed E-state index contributed by atoms with van der Waals surface area (Å²) in [7, 11) is 0. The summed E-state index contributed by atoms with van der Waals surface area (Å²) in [5.74, 6) is 0.572. The average Bonchev–Trinajstić information content (AvgIpc) is 3.00. The van der Waals surface area contributed by atoms with E-state index in [9.17, 15) is 4.79 Å². The van der Waals surface area contributed by atoms with Gasteiger partial charge in [0.25, 0.3) is 5.91 Å². The van der Waals surface area contributed by atoms with Crippen molar-refractivity contribution in [2.75, 3.05) is 19.6 Å². The number of hydrogen-bond donors (Lipinski definition) is 1. The molecule has 1 N–H and O–H groups in total. The topological polar surface area (TPSA) is 69.0 Å². The SMILES string of the molecule is N#Cc1ccc(C(=O)N2CC[C@H]3CNC[C@H]32)nc1. The van der Waals surface area contributed by atoms with E-state index in [0.717, 1.165) is 26.1 Å². The normalized spacial score (nSPS) is 25.8. The summed E-state index contributed by atoms with van der Waals surface area (Å²) in [6.45, 7) is 2.71. The van der Waals surface area contributed by atoms with Gasteiger partial charge in [-0.05, 0) is 24.5 Å². The van der Waals surface area contributed by atoms with Crippen molar-refractivity contribution in [1.82, 2.24) is 15.2 Å². The molecule has 2 atom stereocenters. The third-order valence-corrected chi connectivity index (χ3v) is 3.82. The largest absolute Gasteiger partial charge is 0.333 e. The van der Waals surface area contributed by atoms with Gasteiger partial charge in [-0.2, -0.15) is 5.26 Å². The van der Waals surface area contributed by atoms with E-state index >= 15 is 0 Å². The van der Waals surface area contributed by atoms with Gasteiger partial charge < -0.3 is 10.2 Å². The van der Waals surface area contributed by atoms with Crippen LogP contribution in [0, 0.1) is 17.2 Å². The smallest absolute Gasteiger partial charge is 0.272 e. The third-order valence-electron chi connectivity index (χ3n) is 3.82. The molecule has 0 spiro atoms. The number of fused-ring (bicyclic) bond motifs is 1. The molecule has 18 heavy (non-hydrogen) atoms. The number of nitrogens with zero attached hydrogens (tertiary/aromatic N) is 3. The molecule has 1 aromatic heterocycles. The van der Waals surface area contributed by atoms with Crippen molar-refractivity contribution in [3.63, 3.8) is 0 Å². The molecule has 1 aromatic rings. The number of aromatic nitrogens is 1. The first-order valence-corrected chi connectivity index (χ1v) is 6.17. The lowest BCUT2D eigenvalue weighted by Gasteiger charge is -2.22. The highest BCUT2D eigenvalue weighted by atomic mass is 16.2. The maximum Gasteiger partial charge on any atom is 0.272 e. The lowest BCUT2D eigenvalue weighted by molar-refractivity contribution is 0.0731. The minimum atomic E-state index is -0.0179. The first-order valence-electron chi connectivity index (χ1n) is 6.17. The Morgan fingerprint density at radius 3 is 3.11 bits per heavy atom. The van der Waals surface area contributed by atoms with Crippen molar-refractivity contribution in [2.24, 2.45) is 5.92 Å². The molecule has 0 radical (unpaired) electrons. The molecule has 5 heteroatoms. The highest BCUT2D eigenvalue weighted by Crippen LogP contribution is 2.28. The van der Waals surface area contributed by atoms with Crippen LogP contribution in [0.2, 0.25) is 0 Å². The van der Waals surface area contributed by atoms with Gasteiger partial charge in [0.1, 0.15) is 11.8 Å². The second-order valence-electron chi connectivity index (χ2n) is 4.82. The number of rotatable bonds is 1. The van der Waals surface area contributed by atoms with Gasteiger partial charge in [-0.15, -0.1) is 0 Å². The summed E-state index contributed by atoms with van der Waals surface area (Å²) in [6.07, 6.45) is 2.52. The fourth-order valence-electron chi connectivity index (χ4n) is 2.83. The van der Waals surface area contributed by atoms with Crippen molar-refractivity contribution in [2.45, 2.75) is 12.5 Å². The Morgan fingerprint density at radius 1 is 1.50 bits per heavy atom. The molecule has 2 saturated heterocycles.